The molecule has 1 amide bonds. The Morgan fingerprint density at radius 1 is 1.11 bits per heavy atom. The molecule has 1 aliphatic rings. The maximum absolute atomic E-state index is 13.7. The normalized spacial score (nSPS) is 14.6. The average molecular weight is 619 g/mol. The third-order valence-corrected chi connectivity index (χ3v) is 7.80. The maximum Gasteiger partial charge on any atom is 0.306 e. The number of nitrogens with one attached hydrogen (secondary N) is 1. The zero-order valence-electron chi connectivity index (χ0n) is 27.3. The monoisotopic (exact) mass is 618 g/mol. The number of ether oxygens (including phenoxy) is 3. The molecule has 4 rings (SSSR count). The summed E-state index contributed by atoms with van der Waals surface area (Å²) >= 11 is 0. The van der Waals surface area contributed by atoms with E-state index in [-0.39, 0.29) is 17.7 Å². The smallest absolute Gasteiger partial charge is 0.306 e. The lowest BCUT2D eigenvalue weighted by atomic mass is 9.88. The summed E-state index contributed by atoms with van der Waals surface area (Å²) in [6.07, 6.45) is 3.47. The predicted molar refractivity (Wildman–Crippen MR) is 174 cm³/mol. The van der Waals surface area contributed by atoms with E-state index in [2.05, 4.69) is 41.0 Å². The van der Waals surface area contributed by atoms with Crippen LogP contribution in [0.15, 0.2) is 48.7 Å². The number of aliphatic carboxylic acids is 1. The van der Waals surface area contributed by atoms with Gasteiger partial charge in [-0.15, -0.1) is 0 Å². The van der Waals surface area contributed by atoms with Gasteiger partial charge in [0.1, 0.15) is 11.6 Å². The van der Waals surface area contributed by atoms with Crippen LogP contribution >= 0.6 is 0 Å². The summed E-state index contributed by atoms with van der Waals surface area (Å²) in [5.74, 6) is 0.910. The van der Waals surface area contributed by atoms with Crippen molar-refractivity contribution < 1.29 is 28.9 Å². The Kier molecular flexibility index (Phi) is 11.4. The second-order valence-electron chi connectivity index (χ2n) is 12.7. The van der Waals surface area contributed by atoms with Crippen LogP contribution in [0.3, 0.4) is 0 Å². The minimum absolute atomic E-state index is 0.0425. The number of carbonyl (C=O) groups excluding carboxylic acids is 1. The largest absolute Gasteiger partial charge is 0.497 e. The number of carboxylic acid groups (broad SMARTS) is 1. The number of amides is 1. The Labute approximate surface area is 266 Å². The van der Waals surface area contributed by atoms with Crippen molar-refractivity contribution in [2.75, 3.05) is 43.6 Å². The Bertz CT molecular complexity index is 1460. The first kappa shape index (κ1) is 33.7. The molecular formula is C35H46N4O6. The Morgan fingerprint density at radius 3 is 2.53 bits per heavy atom. The van der Waals surface area contributed by atoms with Crippen molar-refractivity contribution in [3.63, 3.8) is 0 Å². The number of aromatic nitrogens is 2. The van der Waals surface area contributed by atoms with Crippen LogP contribution in [0, 0.1) is 18.3 Å². The van der Waals surface area contributed by atoms with Gasteiger partial charge >= 0.3 is 5.97 Å². The molecule has 2 N–H and O–H groups in total. The number of hydrogen-bond acceptors (Lipinski definition) is 8. The number of methoxy groups -OCH3 is 1. The van der Waals surface area contributed by atoms with E-state index in [1.807, 2.05) is 44.2 Å². The molecule has 0 spiro atoms. The number of piperidine rings is 1. The molecule has 242 valence electrons. The number of hydrogen-bond donors (Lipinski definition) is 2. The number of anilines is 2. The van der Waals surface area contributed by atoms with Crippen molar-refractivity contribution in [2.24, 2.45) is 11.3 Å². The summed E-state index contributed by atoms with van der Waals surface area (Å²) in [5, 5.41) is 12.4. The van der Waals surface area contributed by atoms with Crippen molar-refractivity contribution in [1.29, 1.82) is 0 Å². The van der Waals surface area contributed by atoms with Crippen molar-refractivity contribution in [3.05, 3.63) is 71.0 Å². The van der Waals surface area contributed by atoms with Crippen LogP contribution in [-0.4, -0.2) is 60.4 Å². The van der Waals surface area contributed by atoms with E-state index >= 15 is 0 Å². The Hall–Kier alpha value is -4.18. The molecule has 2 aromatic heterocycles. The van der Waals surface area contributed by atoms with Gasteiger partial charge < -0.3 is 29.5 Å². The number of nitrogens with zero attached hydrogens (tertiary/aromatic N) is 3. The van der Waals surface area contributed by atoms with Crippen molar-refractivity contribution in [2.45, 2.75) is 66.4 Å². The lowest BCUT2D eigenvalue weighted by Crippen LogP contribution is -2.36. The van der Waals surface area contributed by atoms with E-state index in [0.29, 0.717) is 42.1 Å². The van der Waals surface area contributed by atoms with Crippen LogP contribution in [0.1, 0.15) is 80.2 Å². The van der Waals surface area contributed by atoms with Gasteiger partial charge in [-0.05, 0) is 79.8 Å². The average Bonchev–Trinajstić information content (AvgIpc) is 3.00. The molecule has 1 saturated heterocycles. The molecule has 10 heteroatoms. The number of rotatable bonds is 13. The zero-order valence-corrected chi connectivity index (χ0v) is 27.3. The Morgan fingerprint density at radius 2 is 1.87 bits per heavy atom. The summed E-state index contributed by atoms with van der Waals surface area (Å²) in [7, 11) is 1.62. The first-order chi connectivity index (χ1) is 21.5. The van der Waals surface area contributed by atoms with Crippen molar-refractivity contribution >= 4 is 23.4 Å². The SMILES string of the molecule is CCOC(CC(=O)O)c1ccnc(OCC2CCN(c3cc(OC)ccc3C(=O)Nc3nc(C)ccc3CC(C)(C)C)CC2)c1. The number of aryl methyl sites for hydroxylation is 1. The molecule has 10 nitrogen and oxygen atoms in total. The molecule has 3 heterocycles. The topological polar surface area (TPSA) is 123 Å². The molecule has 1 aromatic carbocycles. The molecule has 1 unspecified atom stereocenters. The number of carbonyl (C=O) groups is 2. The van der Waals surface area contributed by atoms with Gasteiger partial charge in [-0.1, -0.05) is 26.8 Å². The standard InChI is InChI=1S/C35H46N4O6/c1-7-44-30(20-32(40)41)25-12-15-36-31(18-25)45-22-24-13-16-39(17-14-24)29-19-27(43-6)10-11-28(29)34(42)38-33-26(21-35(3,4)5)9-8-23(2)37-33/h8-12,15,18-19,24,30H,7,13-14,16-17,20-22H2,1-6H3,(H,40,41)(H,37,38,42). The summed E-state index contributed by atoms with van der Waals surface area (Å²) in [6.45, 7) is 12.7. The van der Waals surface area contributed by atoms with Crippen LogP contribution < -0.4 is 19.7 Å². The second-order valence-corrected chi connectivity index (χ2v) is 12.7. The fourth-order valence-corrected chi connectivity index (χ4v) is 5.56. The number of benzene rings is 1. The quantitative estimate of drug-likeness (QED) is 0.221. The van der Waals surface area contributed by atoms with Gasteiger partial charge in [0, 0.05) is 43.7 Å². The van der Waals surface area contributed by atoms with Gasteiger partial charge in [0.25, 0.3) is 5.91 Å². The van der Waals surface area contributed by atoms with Crippen LogP contribution in [0.2, 0.25) is 0 Å². The summed E-state index contributed by atoms with van der Waals surface area (Å²) in [6, 6.07) is 13.1. The molecule has 0 radical (unpaired) electrons. The molecule has 0 saturated carbocycles. The third-order valence-electron chi connectivity index (χ3n) is 7.80. The first-order valence-electron chi connectivity index (χ1n) is 15.6. The highest BCUT2D eigenvalue weighted by molar-refractivity contribution is 6.08. The minimum atomic E-state index is -0.923. The highest BCUT2D eigenvalue weighted by Crippen LogP contribution is 2.32. The van der Waals surface area contributed by atoms with Crippen molar-refractivity contribution in [3.8, 4) is 11.6 Å². The summed E-state index contributed by atoms with van der Waals surface area (Å²) in [4.78, 5) is 36.2. The molecule has 1 fully saturated rings. The van der Waals surface area contributed by atoms with E-state index in [0.717, 1.165) is 54.9 Å². The molecule has 0 bridgehead atoms. The predicted octanol–water partition coefficient (Wildman–Crippen LogP) is 6.48. The second kappa shape index (κ2) is 15.2. The lowest BCUT2D eigenvalue weighted by molar-refractivity contribution is -0.140. The maximum atomic E-state index is 13.7. The van der Waals surface area contributed by atoms with Gasteiger partial charge in [-0.3, -0.25) is 9.59 Å². The summed E-state index contributed by atoms with van der Waals surface area (Å²) in [5.41, 5.74) is 4.02. The Balaban J connectivity index is 1.43. The van der Waals surface area contributed by atoms with Gasteiger partial charge in [0.2, 0.25) is 5.88 Å². The minimum Gasteiger partial charge on any atom is -0.497 e. The van der Waals surface area contributed by atoms with E-state index in [4.69, 9.17) is 14.2 Å². The van der Waals surface area contributed by atoms with Gasteiger partial charge in [-0.25, -0.2) is 9.97 Å². The molecular weight excluding hydrogens is 572 g/mol. The van der Waals surface area contributed by atoms with Crippen molar-refractivity contribution in [1.82, 2.24) is 9.97 Å². The van der Waals surface area contributed by atoms with Crippen LogP contribution in [-0.2, 0) is 16.0 Å². The molecule has 1 aliphatic heterocycles. The molecule has 45 heavy (non-hydrogen) atoms. The highest BCUT2D eigenvalue weighted by Gasteiger charge is 2.26. The fourth-order valence-electron chi connectivity index (χ4n) is 5.56. The molecule has 0 aliphatic carbocycles. The fraction of sp³-hybridized carbons (Fsp3) is 0.486. The van der Waals surface area contributed by atoms with E-state index in [1.54, 1.807) is 25.4 Å². The van der Waals surface area contributed by atoms with E-state index in [9.17, 15) is 14.7 Å². The number of pyridine rings is 2. The van der Waals surface area contributed by atoms with Crippen LogP contribution in [0.4, 0.5) is 11.5 Å². The first-order valence-corrected chi connectivity index (χ1v) is 15.6. The highest BCUT2D eigenvalue weighted by atomic mass is 16.5. The van der Waals surface area contributed by atoms with E-state index in [1.165, 1.54) is 0 Å². The van der Waals surface area contributed by atoms with Gasteiger partial charge in [-0.2, -0.15) is 0 Å². The van der Waals surface area contributed by atoms with Gasteiger partial charge in [0.05, 0.1) is 37.5 Å². The lowest BCUT2D eigenvalue weighted by Gasteiger charge is -2.34. The van der Waals surface area contributed by atoms with Crippen LogP contribution in [0.5, 0.6) is 11.6 Å². The van der Waals surface area contributed by atoms with Crippen LogP contribution in [0.25, 0.3) is 0 Å². The zero-order chi connectivity index (χ0) is 32.6. The third kappa shape index (κ3) is 9.65. The molecule has 3 aromatic rings. The summed E-state index contributed by atoms with van der Waals surface area (Å²) < 4.78 is 17.2. The molecule has 1 atom stereocenters. The number of carboxylic acids is 1. The van der Waals surface area contributed by atoms with E-state index < -0.39 is 12.1 Å². The van der Waals surface area contributed by atoms with Gasteiger partial charge in [0.15, 0.2) is 0 Å².